The van der Waals surface area contributed by atoms with Crippen molar-refractivity contribution in [2.24, 2.45) is 0 Å². The standard InChI is InChI=1S/C10H13NO/c1-7-4-5-11-10-6-8(12)2-3-9(7)10/h2-3,6-7,11-12H,4-5H2,1H3. The van der Waals surface area contributed by atoms with Crippen LogP contribution < -0.4 is 5.32 Å². The molecule has 2 rings (SSSR count). The predicted molar refractivity (Wildman–Crippen MR) is 49.6 cm³/mol. The molecule has 0 amide bonds. The quantitative estimate of drug-likeness (QED) is 0.615. The minimum atomic E-state index is 0.343. The molecule has 0 aliphatic carbocycles. The summed E-state index contributed by atoms with van der Waals surface area (Å²) in [5.74, 6) is 0.956. The lowest BCUT2D eigenvalue weighted by atomic mass is 9.93. The van der Waals surface area contributed by atoms with E-state index in [1.807, 2.05) is 6.07 Å². The molecule has 0 saturated heterocycles. The van der Waals surface area contributed by atoms with Crippen molar-refractivity contribution in [1.82, 2.24) is 0 Å². The van der Waals surface area contributed by atoms with E-state index < -0.39 is 0 Å². The fourth-order valence-electron chi connectivity index (χ4n) is 1.71. The van der Waals surface area contributed by atoms with Crippen molar-refractivity contribution in [3.8, 4) is 5.75 Å². The zero-order chi connectivity index (χ0) is 8.55. The number of phenolic OH excluding ortho intramolecular Hbond substituents is 1. The molecule has 1 aliphatic heterocycles. The SMILES string of the molecule is CC1CCNc2cc(O)ccc21. The number of benzene rings is 1. The molecule has 0 fully saturated rings. The van der Waals surface area contributed by atoms with Gasteiger partial charge in [-0.25, -0.2) is 0 Å². The van der Waals surface area contributed by atoms with Crippen LogP contribution in [0, 0.1) is 0 Å². The van der Waals surface area contributed by atoms with Crippen molar-refractivity contribution < 1.29 is 5.11 Å². The topological polar surface area (TPSA) is 32.3 Å². The van der Waals surface area contributed by atoms with Crippen LogP contribution in [0.15, 0.2) is 18.2 Å². The molecule has 1 heterocycles. The average Bonchev–Trinajstić information content (AvgIpc) is 2.04. The van der Waals surface area contributed by atoms with Gasteiger partial charge in [-0.1, -0.05) is 13.0 Å². The van der Waals surface area contributed by atoms with Gasteiger partial charge in [-0.2, -0.15) is 0 Å². The van der Waals surface area contributed by atoms with Crippen LogP contribution in [0.3, 0.4) is 0 Å². The van der Waals surface area contributed by atoms with Crippen LogP contribution in [0.1, 0.15) is 24.8 Å². The van der Waals surface area contributed by atoms with Gasteiger partial charge in [0.2, 0.25) is 0 Å². The largest absolute Gasteiger partial charge is 0.508 e. The van der Waals surface area contributed by atoms with Crippen LogP contribution in [-0.2, 0) is 0 Å². The number of phenols is 1. The summed E-state index contributed by atoms with van der Waals surface area (Å²) in [7, 11) is 0. The minimum absolute atomic E-state index is 0.343. The van der Waals surface area contributed by atoms with Gasteiger partial charge in [0.05, 0.1) is 0 Å². The Labute approximate surface area is 72.2 Å². The highest BCUT2D eigenvalue weighted by Gasteiger charge is 2.15. The van der Waals surface area contributed by atoms with Gasteiger partial charge >= 0.3 is 0 Å². The van der Waals surface area contributed by atoms with Crippen LogP contribution in [0.2, 0.25) is 0 Å². The number of rotatable bonds is 0. The van der Waals surface area contributed by atoms with E-state index in [1.165, 1.54) is 12.0 Å². The van der Waals surface area contributed by atoms with Gasteiger partial charge < -0.3 is 10.4 Å². The second-order valence-electron chi connectivity index (χ2n) is 3.39. The second kappa shape index (κ2) is 2.70. The lowest BCUT2D eigenvalue weighted by Crippen LogP contribution is -2.14. The van der Waals surface area contributed by atoms with Crippen molar-refractivity contribution in [2.75, 3.05) is 11.9 Å². The summed E-state index contributed by atoms with van der Waals surface area (Å²) in [6.07, 6.45) is 1.18. The Kier molecular flexibility index (Phi) is 1.68. The summed E-state index contributed by atoms with van der Waals surface area (Å²) in [5, 5.41) is 12.5. The molecule has 1 aliphatic rings. The molecule has 2 N–H and O–H groups in total. The van der Waals surface area contributed by atoms with Crippen molar-refractivity contribution >= 4 is 5.69 Å². The van der Waals surface area contributed by atoms with Crippen molar-refractivity contribution in [3.05, 3.63) is 23.8 Å². The lowest BCUT2D eigenvalue weighted by Gasteiger charge is -2.23. The first-order chi connectivity index (χ1) is 5.77. The first kappa shape index (κ1) is 7.47. The van der Waals surface area contributed by atoms with E-state index in [2.05, 4.69) is 12.2 Å². The maximum atomic E-state index is 9.23. The van der Waals surface area contributed by atoms with Crippen LogP contribution in [0.4, 0.5) is 5.69 Å². The molecule has 2 heteroatoms. The summed E-state index contributed by atoms with van der Waals surface area (Å²) in [5.41, 5.74) is 2.41. The maximum absolute atomic E-state index is 9.23. The van der Waals surface area contributed by atoms with E-state index in [0.717, 1.165) is 12.2 Å². The number of aromatic hydroxyl groups is 1. The van der Waals surface area contributed by atoms with Gasteiger partial charge in [-0.3, -0.25) is 0 Å². The first-order valence-electron chi connectivity index (χ1n) is 4.34. The molecular formula is C10H13NO. The molecule has 0 spiro atoms. The van der Waals surface area contributed by atoms with Crippen LogP contribution in [0.25, 0.3) is 0 Å². The highest BCUT2D eigenvalue weighted by molar-refractivity contribution is 5.57. The van der Waals surface area contributed by atoms with E-state index in [9.17, 15) is 5.11 Å². The van der Waals surface area contributed by atoms with Gasteiger partial charge in [0.15, 0.2) is 0 Å². The lowest BCUT2D eigenvalue weighted by molar-refractivity contribution is 0.474. The van der Waals surface area contributed by atoms with Gasteiger partial charge in [0, 0.05) is 18.3 Å². The summed E-state index contributed by atoms with van der Waals surface area (Å²) in [6, 6.07) is 5.55. The molecule has 1 aromatic rings. The third-order valence-electron chi connectivity index (χ3n) is 2.46. The third kappa shape index (κ3) is 1.13. The Hall–Kier alpha value is -1.18. The average molecular weight is 163 g/mol. The van der Waals surface area contributed by atoms with E-state index in [-0.39, 0.29) is 0 Å². The number of fused-ring (bicyclic) bond motifs is 1. The number of hydrogen-bond acceptors (Lipinski definition) is 2. The van der Waals surface area contributed by atoms with Crippen molar-refractivity contribution in [2.45, 2.75) is 19.3 Å². The molecule has 12 heavy (non-hydrogen) atoms. The molecule has 1 aromatic carbocycles. The van der Waals surface area contributed by atoms with E-state index in [0.29, 0.717) is 11.7 Å². The Morgan fingerprint density at radius 3 is 3.17 bits per heavy atom. The Morgan fingerprint density at radius 1 is 1.50 bits per heavy atom. The summed E-state index contributed by atoms with van der Waals surface area (Å²) in [4.78, 5) is 0. The van der Waals surface area contributed by atoms with E-state index >= 15 is 0 Å². The summed E-state index contributed by atoms with van der Waals surface area (Å²) < 4.78 is 0. The molecule has 64 valence electrons. The Balaban J connectivity index is 2.46. The molecule has 0 bridgehead atoms. The molecule has 1 unspecified atom stereocenters. The number of anilines is 1. The Morgan fingerprint density at radius 2 is 2.33 bits per heavy atom. The van der Waals surface area contributed by atoms with Crippen LogP contribution in [-0.4, -0.2) is 11.7 Å². The molecular weight excluding hydrogens is 150 g/mol. The van der Waals surface area contributed by atoms with E-state index in [1.54, 1.807) is 12.1 Å². The van der Waals surface area contributed by atoms with E-state index in [4.69, 9.17) is 0 Å². The number of nitrogens with one attached hydrogen (secondary N) is 1. The second-order valence-corrected chi connectivity index (χ2v) is 3.39. The zero-order valence-corrected chi connectivity index (χ0v) is 7.17. The number of hydrogen-bond donors (Lipinski definition) is 2. The summed E-state index contributed by atoms with van der Waals surface area (Å²) >= 11 is 0. The van der Waals surface area contributed by atoms with Crippen molar-refractivity contribution in [3.63, 3.8) is 0 Å². The Bertz CT molecular complexity index is 296. The zero-order valence-electron chi connectivity index (χ0n) is 7.17. The van der Waals surface area contributed by atoms with Gasteiger partial charge in [0.1, 0.15) is 5.75 Å². The highest BCUT2D eigenvalue weighted by Crippen LogP contribution is 2.33. The fraction of sp³-hybridized carbons (Fsp3) is 0.400. The van der Waals surface area contributed by atoms with Gasteiger partial charge in [0.25, 0.3) is 0 Å². The monoisotopic (exact) mass is 163 g/mol. The van der Waals surface area contributed by atoms with Crippen LogP contribution in [0.5, 0.6) is 5.75 Å². The molecule has 1 atom stereocenters. The van der Waals surface area contributed by atoms with Crippen LogP contribution >= 0.6 is 0 Å². The predicted octanol–water partition coefficient (Wildman–Crippen LogP) is 2.31. The first-order valence-corrected chi connectivity index (χ1v) is 4.34. The normalized spacial score (nSPS) is 21.2. The molecule has 0 aromatic heterocycles. The van der Waals surface area contributed by atoms with Crippen molar-refractivity contribution in [1.29, 1.82) is 0 Å². The molecule has 0 saturated carbocycles. The highest BCUT2D eigenvalue weighted by atomic mass is 16.3. The molecule has 2 nitrogen and oxygen atoms in total. The smallest absolute Gasteiger partial charge is 0.117 e. The van der Waals surface area contributed by atoms with Gasteiger partial charge in [-0.15, -0.1) is 0 Å². The minimum Gasteiger partial charge on any atom is -0.508 e. The third-order valence-corrected chi connectivity index (χ3v) is 2.46. The summed E-state index contributed by atoms with van der Waals surface area (Å²) in [6.45, 7) is 3.23. The fourth-order valence-corrected chi connectivity index (χ4v) is 1.71. The van der Waals surface area contributed by atoms with Gasteiger partial charge in [-0.05, 0) is 24.0 Å². The maximum Gasteiger partial charge on any atom is 0.117 e. The molecule has 0 radical (unpaired) electrons.